The van der Waals surface area contributed by atoms with E-state index in [1.807, 2.05) is 6.07 Å². The van der Waals surface area contributed by atoms with Crippen LogP contribution in [-0.4, -0.2) is 0 Å². The minimum absolute atomic E-state index is 0.580. The molecule has 8 aromatic carbocycles. The van der Waals surface area contributed by atoms with Crippen molar-refractivity contribution in [2.75, 3.05) is 4.90 Å². The molecule has 1 saturated carbocycles. The zero-order chi connectivity index (χ0) is 37.3. The van der Waals surface area contributed by atoms with Crippen LogP contribution in [0.3, 0.4) is 0 Å². The van der Waals surface area contributed by atoms with E-state index in [0.717, 1.165) is 39.0 Å². The molecule has 2 nitrogen and oxygen atoms in total. The second-order valence-electron chi connectivity index (χ2n) is 15.1. The van der Waals surface area contributed by atoms with Gasteiger partial charge < -0.3 is 9.32 Å². The fraction of sp³-hybridized carbons (Fsp3) is 0.111. The molecule has 0 bridgehead atoms. The van der Waals surface area contributed by atoms with Gasteiger partial charge in [0.1, 0.15) is 11.2 Å². The molecule has 56 heavy (non-hydrogen) atoms. The van der Waals surface area contributed by atoms with E-state index in [1.165, 1.54) is 82.2 Å². The van der Waals surface area contributed by atoms with Crippen molar-refractivity contribution in [3.63, 3.8) is 0 Å². The topological polar surface area (TPSA) is 16.4 Å². The second-order valence-corrected chi connectivity index (χ2v) is 15.1. The highest BCUT2D eigenvalue weighted by Crippen LogP contribution is 2.47. The second kappa shape index (κ2) is 14.9. The minimum Gasteiger partial charge on any atom is -0.456 e. The summed E-state index contributed by atoms with van der Waals surface area (Å²) in [5.74, 6) is 0.580. The van der Waals surface area contributed by atoms with Gasteiger partial charge in [0.2, 0.25) is 0 Å². The molecule has 0 saturated heterocycles. The van der Waals surface area contributed by atoms with Crippen LogP contribution in [0, 0.1) is 0 Å². The Bertz CT molecular complexity index is 2720. The van der Waals surface area contributed by atoms with Crippen LogP contribution in [0.25, 0.3) is 66.4 Å². The molecule has 1 aliphatic rings. The van der Waals surface area contributed by atoms with Gasteiger partial charge in [-0.05, 0) is 99.7 Å². The Labute approximate surface area is 329 Å². The van der Waals surface area contributed by atoms with Gasteiger partial charge in [-0.15, -0.1) is 0 Å². The quantitative estimate of drug-likeness (QED) is 0.155. The molecule has 1 fully saturated rings. The predicted molar refractivity (Wildman–Crippen MR) is 236 cm³/mol. The van der Waals surface area contributed by atoms with Gasteiger partial charge >= 0.3 is 0 Å². The Balaban J connectivity index is 1.16. The fourth-order valence-corrected chi connectivity index (χ4v) is 9.05. The maximum atomic E-state index is 6.49. The van der Waals surface area contributed by atoms with Crippen molar-refractivity contribution in [3.8, 4) is 44.5 Å². The van der Waals surface area contributed by atoms with E-state index in [-0.39, 0.29) is 0 Å². The number of rotatable bonds is 8. The number of benzene rings is 8. The van der Waals surface area contributed by atoms with Crippen molar-refractivity contribution in [1.29, 1.82) is 0 Å². The molecule has 2 heteroatoms. The van der Waals surface area contributed by atoms with Crippen LogP contribution < -0.4 is 4.90 Å². The molecule has 1 heterocycles. The maximum absolute atomic E-state index is 6.49. The normalized spacial score (nSPS) is 13.3. The summed E-state index contributed by atoms with van der Waals surface area (Å²) in [7, 11) is 0. The number of hydrogen-bond acceptors (Lipinski definition) is 2. The van der Waals surface area contributed by atoms with Crippen LogP contribution in [0.2, 0.25) is 0 Å². The minimum atomic E-state index is 0.580. The fourth-order valence-electron chi connectivity index (χ4n) is 9.05. The van der Waals surface area contributed by atoms with E-state index >= 15 is 0 Å². The van der Waals surface area contributed by atoms with E-state index in [0.29, 0.717) is 5.92 Å². The summed E-state index contributed by atoms with van der Waals surface area (Å²) in [6, 6.07) is 70.4. The Kier molecular flexibility index (Phi) is 9.01. The van der Waals surface area contributed by atoms with Gasteiger partial charge in [0.05, 0.1) is 5.69 Å². The van der Waals surface area contributed by atoms with Crippen LogP contribution in [0.5, 0.6) is 0 Å². The Morgan fingerprint density at radius 2 is 0.964 bits per heavy atom. The number of hydrogen-bond donors (Lipinski definition) is 0. The predicted octanol–water partition coefficient (Wildman–Crippen LogP) is 15.8. The Morgan fingerprint density at radius 1 is 0.393 bits per heavy atom. The van der Waals surface area contributed by atoms with Crippen LogP contribution in [0.4, 0.5) is 17.1 Å². The summed E-state index contributed by atoms with van der Waals surface area (Å²) >= 11 is 0. The first kappa shape index (κ1) is 33.9. The van der Waals surface area contributed by atoms with Gasteiger partial charge in [-0.25, -0.2) is 0 Å². The standard InChI is InChI=1S/C54H43NO/c1-4-17-38(18-5-1)44-23-10-11-24-47(44)48-25-12-14-29-51(48)55(43-35-36-50-49-26-13-15-30-52(49)56-53(50)37-43)42-33-31-41(32-34-42)54-45(39-19-6-2-7-20-39)27-16-28-46(54)40-21-8-3-9-22-40/h2-3,6-16,19-38H,1,4-5,17-18H2. The molecule has 0 amide bonds. The number of fused-ring (bicyclic) bond motifs is 3. The first-order valence-electron chi connectivity index (χ1n) is 20.0. The highest BCUT2D eigenvalue weighted by atomic mass is 16.3. The largest absolute Gasteiger partial charge is 0.456 e. The smallest absolute Gasteiger partial charge is 0.137 e. The van der Waals surface area contributed by atoms with Gasteiger partial charge in [0, 0.05) is 33.8 Å². The average molecular weight is 722 g/mol. The van der Waals surface area contributed by atoms with Crippen molar-refractivity contribution in [3.05, 3.63) is 200 Å². The van der Waals surface area contributed by atoms with Gasteiger partial charge in [-0.3, -0.25) is 0 Å². The molecule has 0 atom stereocenters. The lowest BCUT2D eigenvalue weighted by Gasteiger charge is -2.30. The van der Waals surface area contributed by atoms with Gasteiger partial charge in [0.15, 0.2) is 0 Å². The summed E-state index contributed by atoms with van der Waals surface area (Å²) in [6.45, 7) is 0. The summed E-state index contributed by atoms with van der Waals surface area (Å²) in [6.07, 6.45) is 6.45. The molecule has 1 aliphatic carbocycles. The lowest BCUT2D eigenvalue weighted by molar-refractivity contribution is 0.444. The highest BCUT2D eigenvalue weighted by molar-refractivity contribution is 6.06. The molecule has 0 aliphatic heterocycles. The monoisotopic (exact) mass is 721 g/mol. The maximum Gasteiger partial charge on any atom is 0.137 e. The number of anilines is 3. The lowest BCUT2D eigenvalue weighted by Crippen LogP contribution is -2.12. The SMILES string of the molecule is c1ccc(-c2cccc(-c3ccccc3)c2-c2ccc(N(c3ccc4c(c3)oc3ccccc34)c3ccccc3-c3ccccc3C3CCCCC3)cc2)cc1. The zero-order valence-corrected chi connectivity index (χ0v) is 31.4. The summed E-state index contributed by atoms with van der Waals surface area (Å²) in [4.78, 5) is 2.42. The van der Waals surface area contributed by atoms with Gasteiger partial charge in [-0.2, -0.15) is 0 Å². The van der Waals surface area contributed by atoms with E-state index < -0.39 is 0 Å². The Hall–Kier alpha value is -6.64. The van der Waals surface area contributed by atoms with Crippen molar-refractivity contribution in [2.24, 2.45) is 0 Å². The third kappa shape index (κ3) is 6.28. The van der Waals surface area contributed by atoms with E-state index in [1.54, 1.807) is 0 Å². The number of para-hydroxylation sites is 2. The first-order chi connectivity index (χ1) is 27.8. The van der Waals surface area contributed by atoms with Crippen LogP contribution in [-0.2, 0) is 0 Å². The molecule has 0 N–H and O–H groups in total. The van der Waals surface area contributed by atoms with Crippen molar-refractivity contribution >= 4 is 39.0 Å². The highest BCUT2D eigenvalue weighted by Gasteiger charge is 2.24. The van der Waals surface area contributed by atoms with Crippen molar-refractivity contribution < 1.29 is 4.42 Å². The van der Waals surface area contributed by atoms with E-state index in [9.17, 15) is 0 Å². The average Bonchev–Trinajstić information content (AvgIpc) is 3.66. The molecule has 10 rings (SSSR count). The number of furan rings is 1. The molecule has 1 aromatic heterocycles. The first-order valence-corrected chi connectivity index (χ1v) is 20.0. The molecule has 9 aromatic rings. The lowest BCUT2D eigenvalue weighted by atomic mass is 9.80. The summed E-state index contributed by atoms with van der Waals surface area (Å²) in [5.41, 5.74) is 16.4. The van der Waals surface area contributed by atoms with E-state index in [4.69, 9.17) is 4.42 Å². The van der Waals surface area contributed by atoms with Crippen molar-refractivity contribution in [2.45, 2.75) is 38.0 Å². The molecule has 0 spiro atoms. The van der Waals surface area contributed by atoms with Crippen LogP contribution in [0.1, 0.15) is 43.6 Å². The third-order valence-corrected chi connectivity index (χ3v) is 11.7. The molecule has 0 radical (unpaired) electrons. The van der Waals surface area contributed by atoms with Crippen LogP contribution in [0.15, 0.2) is 199 Å². The third-order valence-electron chi connectivity index (χ3n) is 11.7. The molecular weight excluding hydrogens is 679 g/mol. The van der Waals surface area contributed by atoms with Crippen molar-refractivity contribution in [1.82, 2.24) is 0 Å². The van der Waals surface area contributed by atoms with Crippen LogP contribution >= 0.6 is 0 Å². The zero-order valence-electron chi connectivity index (χ0n) is 31.4. The summed E-state index contributed by atoms with van der Waals surface area (Å²) < 4.78 is 6.49. The molecular formula is C54H43NO. The molecule has 0 unspecified atom stereocenters. The molecule has 270 valence electrons. The Morgan fingerprint density at radius 3 is 1.70 bits per heavy atom. The van der Waals surface area contributed by atoms with E-state index in [2.05, 4.69) is 193 Å². The van der Waals surface area contributed by atoms with Gasteiger partial charge in [0.25, 0.3) is 0 Å². The summed E-state index contributed by atoms with van der Waals surface area (Å²) in [5, 5.41) is 2.26. The van der Waals surface area contributed by atoms with Gasteiger partial charge in [-0.1, -0.05) is 171 Å². The number of nitrogens with zero attached hydrogens (tertiary/aromatic N) is 1.